The number of nitrogens with zero attached hydrogens (tertiary/aromatic N) is 1. The highest BCUT2D eigenvalue weighted by Gasteiger charge is 2.14. The SMILES string of the molecule is C=Cc1ccc(C(CC(C)C)N=Cc2c(N)ccc(-c3ccccc3C)c2C)cc1. The Kier molecular flexibility index (Phi) is 6.89. The fourth-order valence-corrected chi connectivity index (χ4v) is 3.84. The van der Waals surface area contributed by atoms with Gasteiger partial charge in [-0.2, -0.15) is 0 Å². The van der Waals surface area contributed by atoms with E-state index in [1.54, 1.807) is 0 Å². The molecule has 1 atom stereocenters. The molecule has 0 aromatic heterocycles. The number of nitrogen functional groups attached to an aromatic ring is 1. The minimum Gasteiger partial charge on any atom is -0.398 e. The van der Waals surface area contributed by atoms with Gasteiger partial charge in [0.1, 0.15) is 0 Å². The highest BCUT2D eigenvalue weighted by molar-refractivity contribution is 5.92. The third-order valence-electron chi connectivity index (χ3n) is 5.62. The molecule has 2 heteroatoms. The molecule has 1 unspecified atom stereocenters. The zero-order valence-corrected chi connectivity index (χ0v) is 18.5. The Morgan fingerprint density at radius 2 is 1.63 bits per heavy atom. The first kappa shape index (κ1) is 21.6. The van der Waals surface area contributed by atoms with Crippen molar-refractivity contribution >= 4 is 18.0 Å². The number of rotatable bonds is 7. The standard InChI is InChI=1S/C28H32N2/c1-6-22-11-13-23(14-12-22)28(17-19(2)3)30-18-26-21(5)25(15-16-27(26)29)24-10-8-7-9-20(24)4/h6-16,18-19,28H,1,17,29H2,2-5H3. The van der Waals surface area contributed by atoms with Crippen molar-refractivity contribution in [3.8, 4) is 11.1 Å². The van der Waals surface area contributed by atoms with Crippen LogP contribution < -0.4 is 5.73 Å². The van der Waals surface area contributed by atoms with Crippen LogP contribution in [0.2, 0.25) is 0 Å². The monoisotopic (exact) mass is 396 g/mol. The number of hydrogen-bond acceptors (Lipinski definition) is 2. The van der Waals surface area contributed by atoms with Crippen LogP contribution in [0, 0.1) is 19.8 Å². The molecule has 0 bridgehead atoms. The van der Waals surface area contributed by atoms with Gasteiger partial charge in [-0.3, -0.25) is 4.99 Å². The number of hydrogen-bond donors (Lipinski definition) is 1. The van der Waals surface area contributed by atoms with Gasteiger partial charge in [-0.05, 0) is 65.6 Å². The molecular formula is C28H32N2. The Hall–Kier alpha value is -3.13. The maximum absolute atomic E-state index is 6.37. The van der Waals surface area contributed by atoms with Crippen LogP contribution in [-0.2, 0) is 0 Å². The molecule has 0 fully saturated rings. The molecule has 2 nitrogen and oxygen atoms in total. The Morgan fingerprint density at radius 1 is 0.933 bits per heavy atom. The van der Waals surface area contributed by atoms with Crippen molar-refractivity contribution < 1.29 is 0 Å². The quantitative estimate of drug-likeness (QED) is 0.328. The zero-order valence-electron chi connectivity index (χ0n) is 18.5. The number of benzene rings is 3. The van der Waals surface area contributed by atoms with E-state index in [0.717, 1.165) is 23.2 Å². The van der Waals surface area contributed by atoms with Crippen LogP contribution in [0.1, 0.15) is 54.1 Å². The molecule has 0 saturated carbocycles. The highest BCUT2D eigenvalue weighted by atomic mass is 14.8. The summed E-state index contributed by atoms with van der Waals surface area (Å²) in [5.74, 6) is 0.544. The molecule has 0 aliphatic carbocycles. The summed E-state index contributed by atoms with van der Waals surface area (Å²) in [4.78, 5) is 5.01. The van der Waals surface area contributed by atoms with Crippen molar-refractivity contribution in [3.63, 3.8) is 0 Å². The third-order valence-corrected chi connectivity index (χ3v) is 5.62. The second kappa shape index (κ2) is 9.58. The van der Waals surface area contributed by atoms with E-state index in [0.29, 0.717) is 5.92 Å². The van der Waals surface area contributed by atoms with Crippen LogP contribution in [0.25, 0.3) is 17.2 Å². The van der Waals surface area contributed by atoms with Crippen LogP contribution in [-0.4, -0.2) is 6.21 Å². The van der Waals surface area contributed by atoms with Crippen molar-refractivity contribution in [1.82, 2.24) is 0 Å². The van der Waals surface area contributed by atoms with Gasteiger partial charge in [0.25, 0.3) is 0 Å². The van der Waals surface area contributed by atoms with E-state index in [1.165, 1.54) is 27.8 Å². The van der Waals surface area contributed by atoms with E-state index < -0.39 is 0 Å². The van der Waals surface area contributed by atoms with Crippen molar-refractivity contribution in [2.45, 2.75) is 40.2 Å². The number of aliphatic imine (C=N–C) groups is 1. The van der Waals surface area contributed by atoms with E-state index in [4.69, 9.17) is 10.7 Å². The van der Waals surface area contributed by atoms with E-state index in [2.05, 4.69) is 88.9 Å². The molecule has 0 aliphatic heterocycles. The highest BCUT2D eigenvalue weighted by Crippen LogP contribution is 2.31. The Morgan fingerprint density at radius 3 is 2.27 bits per heavy atom. The van der Waals surface area contributed by atoms with Gasteiger partial charge in [-0.1, -0.05) is 81.1 Å². The molecule has 3 aromatic carbocycles. The average Bonchev–Trinajstić information content (AvgIpc) is 2.73. The topological polar surface area (TPSA) is 38.4 Å². The Balaban J connectivity index is 2.00. The Labute approximate surface area is 181 Å². The summed E-state index contributed by atoms with van der Waals surface area (Å²) in [6.07, 6.45) is 4.83. The van der Waals surface area contributed by atoms with Gasteiger partial charge in [0.15, 0.2) is 0 Å². The molecule has 154 valence electrons. The predicted octanol–water partition coefficient (Wildman–Crippen LogP) is 7.40. The summed E-state index contributed by atoms with van der Waals surface area (Å²) in [7, 11) is 0. The maximum atomic E-state index is 6.37. The first-order valence-electron chi connectivity index (χ1n) is 10.6. The van der Waals surface area contributed by atoms with Gasteiger partial charge in [-0.25, -0.2) is 0 Å². The summed E-state index contributed by atoms with van der Waals surface area (Å²) >= 11 is 0. The van der Waals surface area contributed by atoms with Crippen molar-refractivity contribution in [3.05, 3.63) is 95.1 Å². The lowest BCUT2D eigenvalue weighted by Crippen LogP contribution is -2.04. The van der Waals surface area contributed by atoms with Gasteiger partial charge in [0, 0.05) is 17.5 Å². The first-order chi connectivity index (χ1) is 14.4. The molecule has 0 amide bonds. The van der Waals surface area contributed by atoms with Gasteiger partial charge in [0.2, 0.25) is 0 Å². The summed E-state index contributed by atoms with van der Waals surface area (Å²) in [5.41, 5.74) is 15.3. The average molecular weight is 397 g/mol. The van der Waals surface area contributed by atoms with Crippen molar-refractivity contribution in [2.24, 2.45) is 10.9 Å². The van der Waals surface area contributed by atoms with Gasteiger partial charge >= 0.3 is 0 Å². The summed E-state index contributed by atoms with van der Waals surface area (Å²) in [6, 6.07) is 21.2. The van der Waals surface area contributed by atoms with E-state index >= 15 is 0 Å². The predicted molar refractivity (Wildman–Crippen MR) is 132 cm³/mol. The summed E-state index contributed by atoms with van der Waals surface area (Å²) in [6.45, 7) is 12.6. The van der Waals surface area contributed by atoms with E-state index in [9.17, 15) is 0 Å². The largest absolute Gasteiger partial charge is 0.398 e. The van der Waals surface area contributed by atoms with Crippen LogP contribution in [0.4, 0.5) is 5.69 Å². The molecule has 3 aromatic rings. The fourth-order valence-electron chi connectivity index (χ4n) is 3.84. The second-order valence-corrected chi connectivity index (χ2v) is 8.35. The van der Waals surface area contributed by atoms with Crippen LogP contribution in [0.3, 0.4) is 0 Å². The lowest BCUT2D eigenvalue weighted by atomic mass is 9.93. The Bertz CT molecular complexity index is 1040. The first-order valence-corrected chi connectivity index (χ1v) is 10.6. The molecule has 0 heterocycles. The minimum absolute atomic E-state index is 0.102. The van der Waals surface area contributed by atoms with E-state index in [-0.39, 0.29) is 6.04 Å². The minimum atomic E-state index is 0.102. The molecule has 2 N–H and O–H groups in total. The molecule has 0 spiro atoms. The fraction of sp³-hybridized carbons (Fsp3) is 0.250. The number of aryl methyl sites for hydroxylation is 1. The molecule has 0 saturated heterocycles. The third kappa shape index (κ3) is 4.88. The second-order valence-electron chi connectivity index (χ2n) is 8.35. The molecular weight excluding hydrogens is 364 g/mol. The van der Waals surface area contributed by atoms with Crippen molar-refractivity contribution in [2.75, 3.05) is 5.73 Å². The summed E-state index contributed by atoms with van der Waals surface area (Å²) < 4.78 is 0. The lowest BCUT2D eigenvalue weighted by molar-refractivity contribution is 0.513. The number of anilines is 1. The van der Waals surface area contributed by atoms with Crippen LogP contribution in [0.5, 0.6) is 0 Å². The lowest BCUT2D eigenvalue weighted by Gasteiger charge is -2.17. The van der Waals surface area contributed by atoms with Gasteiger partial charge in [-0.15, -0.1) is 0 Å². The molecule has 0 radical (unpaired) electrons. The van der Waals surface area contributed by atoms with Gasteiger partial charge < -0.3 is 5.73 Å². The molecule has 3 rings (SSSR count). The maximum Gasteiger partial charge on any atom is 0.0751 e. The van der Waals surface area contributed by atoms with E-state index in [1.807, 2.05) is 18.4 Å². The van der Waals surface area contributed by atoms with Gasteiger partial charge in [0.05, 0.1) is 6.04 Å². The molecule has 0 aliphatic rings. The molecule has 30 heavy (non-hydrogen) atoms. The summed E-state index contributed by atoms with van der Waals surface area (Å²) in [5, 5.41) is 0. The van der Waals surface area contributed by atoms with Crippen LogP contribution >= 0.6 is 0 Å². The zero-order chi connectivity index (χ0) is 21.7. The van der Waals surface area contributed by atoms with Crippen molar-refractivity contribution in [1.29, 1.82) is 0 Å². The number of nitrogens with two attached hydrogens (primary N) is 1. The normalized spacial score (nSPS) is 12.4. The van der Waals surface area contributed by atoms with Crippen LogP contribution in [0.15, 0.2) is 72.2 Å². The smallest absolute Gasteiger partial charge is 0.0751 e.